The smallest absolute Gasteiger partial charge is 0.119 e. The van der Waals surface area contributed by atoms with E-state index >= 15 is 0 Å². The zero-order valence-electron chi connectivity index (χ0n) is 5.05. The second kappa shape index (κ2) is 1.76. The largest absolute Gasteiger partial charge is 0.493 e. The van der Waals surface area contributed by atoms with Crippen molar-refractivity contribution in [2.45, 2.75) is 6.42 Å². The van der Waals surface area contributed by atoms with Gasteiger partial charge in [-0.2, -0.15) is 0 Å². The molecule has 1 aromatic rings. The van der Waals surface area contributed by atoms with E-state index in [-0.39, 0.29) is 0 Å². The Hall–Kier alpha value is -0.980. The summed E-state index contributed by atoms with van der Waals surface area (Å²) in [5.41, 5.74) is 1.26. The van der Waals surface area contributed by atoms with E-state index in [0.29, 0.717) is 0 Å². The number of hydrogen-bond donors (Lipinski definition) is 0. The first-order chi connectivity index (χ1) is 4.45. The molecule has 0 spiro atoms. The maximum atomic E-state index is 5.26. The first-order valence-corrected chi connectivity index (χ1v) is 3.08. The highest BCUT2D eigenvalue weighted by Gasteiger charge is 2.02. The second-order valence-corrected chi connectivity index (χ2v) is 2.15. The molecule has 0 aromatic heterocycles. The van der Waals surface area contributed by atoms with E-state index < -0.39 is 0 Å². The van der Waals surface area contributed by atoms with Crippen molar-refractivity contribution >= 4 is 0 Å². The lowest BCUT2D eigenvalue weighted by atomic mass is 10.1. The molecule has 9 heavy (non-hydrogen) atoms. The topological polar surface area (TPSA) is 9.23 Å². The highest BCUT2D eigenvalue weighted by Crippen LogP contribution is 2.17. The van der Waals surface area contributed by atoms with Crippen LogP contribution in [-0.2, 0) is 6.42 Å². The van der Waals surface area contributed by atoms with Crippen molar-refractivity contribution < 1.29 is 4.74 Å². The summed E-state index contributed by atoms with van der Waals surface area (Å²) in [5.74, 6) is 0.981. The Morgan fingerprint density at radius 2 is 2.56 bits per heavy atom. The molecule has 0 N–H and O–H groups in total. The zero-order valence-corrected chi connectivity index (χ0v) is 5.05. The van der Waals surface area contributed by atoms with Crippen LogP contribution in [0.15, 0.2) is 18.2 Å². The molecule has 0 aliphatic carbocycles. The standard InChI is InChI=1S/C8H7O/c1-2-7-4-5-9-8(3-1)6-7/h1,3,6H,4-5H2. The van der Waals surface area contributed by atoms with Gasteiger partial charge in [0.15, 0.2) is 0 Å². The van der Waals surface area contributed by atoms with Crippen LogP contribution in [0.5, 0.6) is 5.75 Å². The van der Waals surface area contributed by atoms with Crippen LogP contribution < -0.4 is 4.74 Å². The minimum absolute atomic E-state index is 0.818. The van der Waals surface area contributed by atoms with Crippen LogP contribution in [0.25, 0.3) is 0 Å². The molecular formula is C8H7O. The Labute approximate surface area is 54.3 Å². The first kappa shape index (κ1) is 4.86. The molecule has 45 valence electrons. The fourth-order valence-electron chi connectivity index (χ4n) is 1.01. The Kier molecular flexibility index (Phi) is 0.950. The predicted octanol–water partition coefficient (Wildman–Crippen LogP) is 1.42. The summed E-state index contributed by atoms with van der Waals surface area (Å²) in [6.07, 6.45) is 1.01. The first-order valence-electron chi connectivity index (χ1n) is 3.08. The summed E-state index contributed by atoms with van der Waals surface area (Å²) >= 11 is 0. The minimum atomic E-state index is 0.818. The van der Waals surface area contributed by atoms with Crippen LogP contribution in [0, 0.1) is 6.07 Å². The summed E-state index contributed by atoms with van der Waals surface area (Å²) < 4.78 is 5.26. The van der Waals surface area contributed by atoms with Gasteiger partial charge >= 0.3 is 0 Å². The van der Waals surface area contributed by atoms with E-state index in [1.165, 1.54) is 5.56 Å². The van der Waals surface area contributed by atoms with Crippen LogP contribution in [0.4, 0.5) is 0 Å². The Morgan fingerprint density at radius 1 is 1.56 bits per heavy atom. The predicted molar refractivity (Wildman–Crippen MR) is 34.5 cm³/mol. The zero-order chi connectivity index (χ0) is 6.10. The number of ether oxygens (including phenoxy) is 1. The van der Waals surface area contributed by atoms with Gasteiger partial charge in [-0.1, -0.05) is 6.07 Å². The van der Waals surface area contributed by atoms with Gasteiger partial charge in [0.05, 0.1) is 6.61 Å². The molecule has 1 heterocycles. The Balaban J connectivity index is 2.53. The average Bonchev–Trinajstić information content (AvgIpc) is 1.88. The maximum absolute atomic E-state index is 5.26. The van der Waals surface area contributed by atoms with Gasteiger partial charge in [-0.15, -0.1) is 0 Å². The molecular weight excluding hydrogens is 112 g/mol. The molecule has 1 heteroatoms. The van der Waals surface area contributed by atoms with Gasteiger partial charge < -0.3 is 4.74 Å². The molecule has 0 saturated carbocycles. The van der Waals surface area contributed by atoms with Gasteiger partial charge in [-0.3, -0.25) is 0 Å². The highest BCUT2D eigenvalue weighted by molar-refractivity contribution is 5.29. The molecule has 2 rings (SSSR count). The third kappa shape index (κ3) is 0.784. The molecule has 1 aliphatic heterocycles. The Bertz CT molecular complexity index is 198. The van der Waals surface area contributed by atoms with E-state index in [4.69, 9.17) is 4.74 Å². The van der Waals surface area contributed by atoms with Crippen LogP contribution in [0.1, 0.15) is 5.56 Å². The SMILES string of the molecule is [c]1ccc2cc1CCO2. The lowest BCUT2D eigenvalue weighted by Gasteiger charge is -2.12. The molecule has 0 unspecified atom stereocenters. The number of rotatable bonds is 0. The number of hydrogen-bond acceptors (Lipinski definition) is 1. The van der Waals surface area contributed by atoms with Gasteiger partial charge in [0.25, 0.3) is 0 Å². The van der Waals surface area contributed by atoms with Crippen molar-refractivity contribution in [3.05, 3.63) is 29.8 Å². The van der Waals surface area contributed by atoms with Crippen LogP contribution in [-0.4, -0.2) is 6.61 Å². The van der Waals surface area contributed by atoms with Gasteiger partial charge in [0, 0.05) is 6.42 Å². The van der Waals surface area contributed by atoms with Gasteiger partial charge in [0.2, 0.25) is 0 Å². The normalized spacial score (nSPS) is 14.7. The van der Waals surface area contributed by atoms with Crippen molar-refractivity contribution in [2.75, 3.05) is 6.61 Å². The van der Waals surface area contributed by atoms with Crippen LogP contribution in [0.3, 0.4) is 0 Å². The molecule has 2 bridgehead atoms. The van der Waals surface area contributed by atoms with Crippen molar-refractivity contribution in [1.82, 2.24) is 0 Å². The molecule has 1 aliphatic rings. The average molecular weight is 119 g/mol. The molecule has 0 amide bonds. The Morgan fingerprint density at radius 3 is 3.33 bits per heavy atom. The van der Waals surface area contributed by atoms with Crippen molar-refractivity contribution in [2.24, 2.45) is 0 Å². The summed E-state index contributed by atoms with van der Waals surface area (Å²) in [6.45, 7) is 0.818. The summed E-state index contributed by atoms with van der Waals surface area (Å²) in [4.78, 5) is 0. The van der Waals surface area contributed by atoms with E-state index in [1.807, 2.05) is 18.2 Å². The van der Waals surface area contributed by atoms with Crippen LogP contribution >= 0.6 is 0 Å². The minimum Gasteiger partial charge on any atom is -0.493 e. The van der Waals surface area contributed by atoms with Crippen molar-refractivity contribution in [1.29, 1.82) is 0 Å². The molecule has 1 nitrogen and oxygen atoms in total. The fraction of sp³-hybridized carbons (Fsp3) is 0.250. The molecule has 0 saturated heterocycles. The second-order valence-electron chi connectivity index (χ2n) is 2.15. The van der Waals surface area contributed by atoms with Crippen molar-refractivity contribution in [3.63, 3.8) is 0 Å². The van der Waals surface area contributed by atoms with Gasteiger partial charge in [0.1, 0.15) is 5.75 Å². The maximum Gasteiger partial charge on any atom is 0.119 e. The van der Waals surface area contributed by atoms with Gasteiger partial charge in [-0.25, -0.2) is 0 Å². The van der Waals surface area contributed by atoms with Crippen molar-refractivity contribution in [3.8, 4) is 5.75 Å². The summed E-state index contributed by atoms with van der Waals surface area (Å²) in [5, 5.41) is 0. The molecule has 1 aromatic carbocycles. The van der Waals surface area contributed by atoms with E-state index in [1.54, 1.807) is 0 Å². The lowest BCUT2D eigenvalue weighted by molar-refractivity contribution is 0.310. The van der Waals surface area contributed by atoms with E-state index in [0.717, 1.165) is 18.8 Å². The summed E-state index contributed by atoms with van der Waals surface area (Å²) in [6, 6.07) is 9.00. The number of benzene rings is 1. The molecule has 1 radical (unpaired) electrons. The third-order valence-electron chi connectivity index (χ3n) is 1.47. The molecule has 0 fully saturated rings. The monoisotopic (exact) mass is 119 g/mol. The quantitative estimate of drug-likeness (QED) is 0.502. The molecule has 0 atom stereocenters. The van der Waals surface area contributed by atoms with E-state index in [2.05, 4.69) is 6.07 Å². The lowest BCUT2D eigenvalue weighted by Crippen LogP contribution is -2.06. The third-order valence-corrected chi connectivity index (χ3v) is 1.47. The highest BCUT2D eigenvalue weighted by atomic mass is 16.5. The van der Waals surface area contributed by atoms with Crippen LogP contribution in [0.2, 0.25) is 0 Å². The fourth-order valence-corrected chi connectivity index (χ4v) is 1.01. The summed E-state index contributed by atoms with van der Waals surface area (Å²) in [7, 11) is 0. The van der Waals surface area contributed by atoms with Gasteiger partial charge in [-0.05, 0) is 23.8 Å². The van der Waals surface area contributed by atoms with E-state index in [9.17, 15) is 0 Å². The number of fused-ring (bicyclic) bond motifs is 2.